The maximum atomic E-state index is 10.3. The molecule has 0 bridgehead atoms. The van der Waals surface area contributed by atoms with Crippen LogP contribution in [0.4, 0.5) is 0 Å². The van der Waals surface area contributed by atoms with Gasteiger partial charge in [0.1, 0.15) is 6.10 Å². The van der Waals surface area contributed by atoms with Gasteiger partial charge < -0.3 is 39.7 Å². The van der Waals surface area contributed by atoms with Crippen molar-refractivity contribution in [1.82, 2.24) is 0 Å². The number of unbranched alkanes of at least 4 members (excludes halogenated alkanes) is 26. The number of hydrogen-bond donors (Lipinski definition) is 5. The van der Waals surface area contributed by atoms with Gasteiger partial charge in [0.25, 0.3) is 0 Å². The number of hydrogen-bond acceptors (Lipinski definition) is 8. The molecule has 0 aromatic heterocycles. The first-order valence-electron chi connectivity index (χ1n) is 21.9. The SMILES string of the molecule is CCCCCCCCCCCCCCCC(=O)O.CCCCCCCCCCCCCCCCCC(=O)O.OCCOCC(COCCO)OCCO. The maximum absolute atomic E-state index is 10.3. The second-order valence-electron chi connectivity index (χ2n) is 14.3. The van der Waals surface area contributed by atoms with Crippen molar-refractivity contribution in [3.8, 4) is 0 Å². The lowest BCUT2D eigenvalue weighted by Gasteiger charge is -2.17. The molecular weight excluding hydrogens is 676 g/mol. The fourth-order valence-electron chi connectivity index (χ4n) is 5.86. The Morgan fingerprint density at radius 1 is 0.396 bits per heavy atom. The van der Waals surface area contributed by atoms with E-state index >= 15 is 0 Å². The first-order chi connectivity index (χ1) is 25.9. The smallest absolute Gasteiger partial charge is 0.303 e. The van der Waals surface area contributed by atoms with Gasteiger partial charge in [-0.25, -0.2) is 0 Å². The minimum atomic E-state index is -0.655. The Labute approximate surface area is 326 Å². The van der Waals surface area contributed by atoms with E-state index in [1.807, 2.05) is 0 Å². The van der Waals surface area contributed by atoms with Crippen LogP contribution in [-0.4, -0.2) is 96.4 Å². The van der Waals surface area contributed by atoms with Crippen LogP contribution in [0.3, 0.4) is 0 Å². The molecule has 0 aliphatic carbocycles. The molecule has 0 aliphatic heterocycles. The summed E-state index contributed by atoms with van der Waals surface area (Å²) in [5.41, 5.74) is 0. The Hall–Kier alpha value is -1.30. The average molecular weight is 765 g/mol. The van der Waals surface area contributed by atoms with Crippen molar-refractivity contribution in [2.45, 2.75) is 213 Å². The van der Waals surface area contributed by atoms with Gasteiger partial charge in [-0.2, -0.15) is 0 Å². The molecule has 0 saturated heterocycles. The summed E-state index contributed by atoms with van der Waals surface area (Å²) in [4.78, 5) is 20.6. The number of ether oxygens (including phenoxy) is 3. The van der Waals surface area contributed by atoms with Gasteiger partial charge in [-0.05, 0) is 12.8 Å². The summed E-state index contributed by atoms with van der Waals surface area (Å²) in [5.74, 6) is -1.31. The quantitative estimate of drug-likeness (QED) is 0.0379. The number of carboxylic acids is 2. The number of carboxylic acid groups (broad SMARTS) is 2. The van der Waals surface area contributed by atoms with Crippen LogP contribution in [0.15, 0.2) is 0 Å². The van der Waals surface area contributed by atoms with Crippen molar-refractivity contribution in [1.29, 1.82) is 0 Å². The maximum Gasteiger partial charge on any atom is 0.303 e. The molecule has 0 aromatic rings. The summed E-state index contributed by atoms with van der Waals surface area (Å²) >= 11 is 0. The predicted molar refractivity (Wildman–Crippen MR) is 218 cm³/mol. The number of rotatable bonds is 41. The molecule has 0 spiro atoms. The molecule has 10 nitrogen and oxygen atoms in total. The van der Waals surface area contributed by atoms with Crippen LogP contribution in [-0.2, 0) is 23.8 Å². The van der Waals surface area contributed by atoms with Crippen LogP contribution in [0.25, 0.3) is 0 Å². The average Bonchev–Trinajstić information content (AvgIpc) is 3.14. The molecule has 0 saturated carbocycles. The summed E-state index contributed by atoms with van der Waals surface area (Å²) in [7, 11) is 0. The molecule has 0 heterocycles. The topological polar surface area (TPSA) is 163 Å². The van der Waals surface area contributed by atoms with E-state index in [0.29, 0.717) is 26.1 Å². The molecule has 0 unspecified atom stereocenters. The highest BCUT2D eigenvalue weighted by atomic mass is 16.6. The molecule has 53 heavy (non-hydrogen) atoms. The molecular formula is C43H88O10. The minimum absolute atomic E-state index is 0.0375. The third-order valence-electron chi connectivity index (χ3n) is 9.01. The van der Waals surface area contributed by atoms with Gasteiger partial charge in [0.15, 0.2) is 0 Å². The van der Waals surface area contributed by atoms with Gasteiger partial charge >= 0.3 is 11.9 Å². The molecule has 320 valence electrons. The van der Waals surface area contributed by atoms with Crippen LogP contribution < -0.4 is 0 Å². The molecule has 0 radical (unpaired) electrons. The molecule has 0 rings (SSSR count). The minimum Gasteiger partial charge on any atom is -0.481 e. The van der Waals surface area contributed by atoms with Crippen LogP contribution in [0.2, 0.25) is 0 Å². The Balaban J connectivity index is -0.000000715. The van der Waals surface area contributed by atoms with E-state index in [9.17, 15) is 9.59 Å². The highest BCUT2D eigenvalue weighted by molar-refractivity contribution is 5.66. The number of aliphatic hydroxyl groups excluding tert-OH is 3. The number of aliphatic hydroxyl groups is 3. The Bertz CT molecular complexity index is 669. The lowest BCUT2D eigenvalue weighted by molar-refractivity contribution is -0.138. The molecule has 0 aliphatic rings. The van der Waals surface area contributed by atoms with E-state index < -0.39 is 11.9 Å². The fourth-order valence-corrected chi connectivity index (χ4v) is 5.86. The molecule has 0 aromatic carbocycles. The summed E-state index contributed by atoms with van der Waals surface area (Å²) in [5, 5.41) is 42.6. The largest absolute Gasteiger partial charge is 0.481 e. The van der Waals surface area contributed by atoms with Gasteiger partial charge in [0.2, 0.25) is 0 Å². The van der Waals surface area contributed by atoms with Gasteiger partial charge in [-0.15, -0.1) is 0 Å². The predicted octanol–water partition coefficient (Wildman–Crippen LogP) is 10.3. The van der Waals surface area contributed by atoms with E-state index in [-0.39, 0.29) is 45.7 Å². The zero-order chi connectivity index (χ0) is 39.7. The first-order valence-corrected chi connectivity index (χ1v) is 21.9. The molecule has 0 amide bonds. The van der Waals surface area contributed by atoms with Crippen LogP contribution in [0, 0.1) is 0 Å². The summed E-state index contributed by atoms with van der Waals surface area (Å²) in [6.07, 6.45) is 37.2. The lowest BCUT2D eigenvalue weighted by Crippen LogP contribution is -2.28. The van der Waals surface area contributed by atoms with Gasteiger partial charge in [0, 0.05) is 12.8 Å². The van der Waals surface area contributed by atoms with Crippen LogP contribution in [0.1, 0.15) is 206 Å². The Morgan fingerprint density at radius 3 is 0.868 bits per heavy atom. The standard InChI is InChI=1S/C18H36O2.C16H32O2.C9H20O6/c1-2-3-4-5-6-7-8-9-10-11-12-13-14-15-16-17-18(19)20;1-2-3-4-5-6-7-8-9-10-11-12-13-14-15-16(17)18;10-1-4-13-7-9(15-6-3-12)8-14-5-2-11/h2-17H2,1H3,(H,19,20);2-15H2,1H3,(H,17,18);9-12H,1-8H2. The van der Waals surface area contributed by atoms with E-state index in [2.05, 4.69) is 13.8 Å². The second-order valence-corrected chi connectivity index (χ2v) is 14.3. The van der Waals surface area contributed by atoms with Crippen LogP contribution >= 0.6 is 0 Å². The number of aliphatic carboxylic acids is 2. The summed E-state index contributed by atoms with van der Waals surface area (Å²) in [6.45, 7) is 5.71. The van der Waals surface area contributed by atoms with E-state index in [4.69, 9.17) is 39.7 Å². The van der Waals surface area contributed by atoms with Crippen LogP contribution in [0.5, 0.6) is 0 Å². The van der Waals surface area contributed by atoms with Gasteiger partial charge in [0.05, 0.1) is 52.9 Å². The van der Waals surface area contributed by atoms with Crippen molar-refractivity contribution in [3.63, 3.8) is 0 Å². The Kier molecular flexibility index (Phi) is 55.8. The highest BCUT2D eigenvalue weighted by Crippen LogP contribution is 2.14. The third-order valence-corrected chi connectivity index (χ3v) is 9.01. The third kappa shape index (κ3) is 60.2. The van der Waals surface area contributed by atoms with E-state index in [1.165, 1.54) is 154 Å². The van der Waals surface area contributed by atoms with E-state index in [0.717, 1.165) is 25.7 Å². The van der Waals surface area contributed by atoms with Crippen molar-refractivity contribution in [3.05, 3.63) is 0 Å². The van der Waals surface area contributed by atoms with Crippen molar-refractivity contribution >= 4 is 11.9 Å². The zero-order valence-electron chi connectivity index (χ0n) is 34.7. The van der Waals surface area contributed by atoms with Gasteiger partial charge in [-0.1, -0.05) is 181 Å². The fraction of sp³-hybridized carbons (Fsp3) is 0.953. The van der Waals surface area contributed by atoms with Crippen molar-refractivity contribution < 1.29 is 49.3 Å². The zero-order valence-corrected chi connectivity index (χ0v) is 34.7. The van der Waals surface area contributed by atoms with Crippen molar-refractivity contribution in [2.24, 2.45) is 0 Å². The molecule has 10 heteroatoms. The molecule has 0 atom stereocenters. The van der Waals surface area contributed by atoms with Crippen molar-refractivity contribution in [2.75, 3.05) is 52.9 Å². The summed E-state index contributed by atoms with van der Waals surface area (Å²) < 4.78 is 15.4. The first kappa shape index (κ1) is 56.0. The normalized spacial score (nSPS) is 10.9. The van der Waals surface area contributed by atoms with E-state index in [1.54, 1.807) is 0 Å². The summed E-state index contributed by atoms with van der Waals surface area (Å²) in [6, 6.07) is 0. The van der Waals surface area contributed by atoms with Gasteiger partial charge in [-0.3, -0.25) is 9.59 Å². The second kappa shape index (κ2) is 52.8. The molecule has 0 fully saturated rings. The molecule has 5 N–H and O–H groups in total. The lowest BCUT2D eigenvalue weighted by atomic mass is 10.0. The number of carbonyl (C=O) groups is 2. The highest BCUT2D eigenvalue weighted by Gasteiger charge is 2.09. The monoisotopic (exact) mass is 765 g/mol. The Morgan fingerprint density at radius 2 is 0.642 bits per heavy atom.